The fourth-order valence-electron chi connectivity index (χ4n) is 3.68. The van der Waals surface area contributed by atoms with Gasteiger partial charge in [0.2, 0.25) is 12.0 Å². The van der Waals surface area contributed by atoms with Crippen LogP contribution in [0.4, 0.5) is 5.69 Å². The minimum Gasteiger partial charge on any atom is -0.485 e. The Morgan fingerprint density at radius 3 is 2.60 bits per heavy atom. The zero-order valence-corrected chi connectivity index (χ0v) is 20.1. The molecule has 10 nitrogen and oxygen atoms in total. The minimum atomic E-state index is -0.600. The minimum absolute atomic E-state index is 0.219. The van der Waals surface area contributed by atoms with Crippen molar-refractivity contribution in [3.63, 3.8) is 0 Å². The summed E-state index contributed by atoms with van der Waals surface area (Å²) in [5.41, 5.74) is 1.27. The lowest BCUT2D eigenvalue weighted by atomic mass is 10.2. The normalized spacial score (nSPS) is 15.6. The summed E-state index contributed by atoms with van der Waals surface area (Å²) < 4.78 is 20.5. The monoisotopic (exact) mass is 493 g/mol. The van der Waals surface area contributed by atoms with E-state index in [4.69, 9.17) is 13.9 Å². The number of rotatable bonds is 6. The number of hydrogen-bond acceptors (Lipinski definition) is 8. The largest absolute Gasteiger partial charge is 0.485 e. The Kier molecular flexibility index (Phi) is 6.08. The summed E-state index contributed by atoms with van der Waals surface area (Å²) in [5.74, 6) is 1.17. The van der Waals surface area contributed by atoms with Gasteiger partial charge in [0.05, 0.1) is 16.6 Å². The number of amides is 1. The van der Waals surface area contributed by atoms with Crippen molar-refractivity contribution in [2.45, 2.75) is 30.4 Å². The van der Waals surface area contributed by atoms with Gasteiger partial charge < -0.3 is 19.2 Å². The molecule has 3 heterocycles. The molecule has 0 aliphatic carbocycles. The van der Waals surface area contributed by atoms with Crippen molar-refractivity contribution in [2.24, 2.45) is 7.05 Å². The molecule has 0 fully saturated rings. The van der Waals surface area contributed by atoms with Crippen molar-refractivity contribution in [3.05, 3.63) is 76.5 Å². The van der Waals surface area contributed by atoms with Gasteiger partial charge in [0.1, 0.15) is 12.3 Å². The summed E-state index contributed by atoms with van der Waals surface area (Å²) in [6.45, 7) is 3.72. The smallest absolute Gasteiger partial charge is 0.295 e. The number of thioether (sulfide) groups is 1. The van der Waals surface area contributed by atoms with Gasteiger partial charge in [-0.25, -0.2) is 4.68 Å². The van der Waals surface area contributed by atoms with Crippen LogP contribution in [0.15, 0.2) is 69.0 Å². The summed E-state index contributed by atoms with van der Waals surface area (Å²) in [7, 11) is 1.77. The SMILES string of the molecule is Cc1c(NC(=O)[C@@H](C)Sc2nnc([C@@H]3COc4ccccc4O3)o2)c(=O)n(-c2ccccc2)n1C. The Labute approximate surface area is 204 Å². The fourth-order valence-corrected chi connectivity index (χ4v) is 4.37. The quantitative estimate of drug-likeness (QED) is 0.406. The third kappa shape index (κ3) is 4.42. The molecule has 0 bridgehead atoms. The first kappa shape index (κ1) is 22.8. The Balaban J connectivity index is 1.27. The van der Waals surface area contributed by atoms with E-state index in [9.17, 15) is 9.59 Å². The molecule has 0 spiro atoms. The van der Waals surface area contributed by atoms with E-state index in [1.165, 1.54) is 4.68 Å². The van der Waals surface area contributed by atoms with E-state index < -0.39 is 11.4 Å². The first-order valence-electron chi connectivity index (χ1n) is 11.0. The highest BCUT2D eigenvalue weighted by Gasteiger charge is 2.29. The highest BCUT2D eigenvalue weighted by molar-refractivity contribution is 8.00. The molecule has 2 aromatic carbocycles. The number of anilines is 1. The van der Waals surface area contributed by atoms with Crippen molar-refractivity contribution < 1.29 is 18.7 Å². The number of aromatic nitrogens is 4. The Bertz CT molecular complexity index is 1430. The van der Waals surface area contributed by atoms with Crippen LogP contribution in [0, 0.1) is 6.92 Å². The van der Waals surface area contributed by atoms with Crippen LogP contribution >= 0.6 is 11.8 Å². The van der Waals surface area contributed by atoms with Gasteiger partial charge in [0.25, 0.3) is 16.7 Å². The molecule has 11 heteroatoms. The topological polar surface area (TPSA) is 113 Å². The lowest BCUT2D eigenvalue weighted by Crippen LogP contribution is -2.27. The molecule has 35 heavy (non-hydrogen) atoms. The highest BCUT2D eigenvalue weighted by Crippen LogP contribution is 2.36. The summed E-state index contributed by atoms with van der Waals surface area (Å²) in [4.78, 5) is 25.9. The number of benzene rings is 2. The molecule has 0 unspecified atom stereocenters. The maximum Gasteiger partial charge on any atom is 0.295 e. The van der Waals surface area contributed by atoms with Gasteiger partial charge in [-0.05, 0) is 38.1 Å². The van der Waals surface area contributed by atoms with E-state index in [-0.39, 0.29) is 34.9 Å². The van der Waals surface area contributed by atoms with Gasteiger partial charge in [-0.3, -0.25) is 14.3 Å². The zero-order valence-electron chi connectivity index (χ0n) is 19.3. The lowest BCUT2D eigenvalue weighted by molar-refractivity contribution is -0.115. The zero-order chi connectivity index (χ0) is 24.5. The standard InChI is InChI=1S/C24H23N5O5S/c1-14-20(23(31)29(28(14)3)16-9-5-4-6-10-16)25-21(30)15(2)35-24-27-26-22(34-24)19-13-32-17-11-7-8-12-18(17)33-19/h4-12,15,19H,13H2,1-3H3,(H,25,30)/t15-,19+/m1/s1. The van der Waals surface area contributed by atoms with E-state index in [1.54, 1.807) is 31.6 Å². The fraction of sp³-hybridized carbons (Fsp3) is 0.250. The molecule has 2 aromatic heterocycles. The van der Waals surface area contributed by atoms with Gasteiger partial charge in [0, 0.05) is 7.05 Å². The molecule has 1 amide bonds. The highest BCUT2D eigenvalue weighted by atomic mass is 32.2. The first-order chi connectivity index (χ1) is 16.9. The van der Waals surface area contributed by atoms with Gasteiger partial charge in [-0.2, -0.15) is 0 Å². The van der Waals surface area contributed by atoms with Crippen LogP contribution in [-0.4, -0.2) is 37.3 Å². The summed E-state index contributed by atoms with van der Waals surface area (Å²) in [6.07, 6.45) is -0.542. The maximum absolute atomic E-state index is 13.0. The maximum atomic E-state index is 13.0. The Morgan fingerprint density at radius 1 is 1.11 bits per heavy atom. The van der Waals surface area contributed by atoms with E-state index in [2.05, 4.69) is 15.5 Å². The van der Waals surface area contributed by atoms with Crippen LogP contribution in [0.3, 0.4) is 0 Å². The summed E-state index contributed by atoms with van der Waals surface area (Å²) in [5, 5.41) is 10.5. The number of hydrogen-bond donors (Lipinski definition) is 1. The van der Waals surface area contributed by atoms with E-state index in [0.717, 1.165) is 11.8 Å². The lowest BCUT2D eigenvalue weighted by Gasteiger charge is -2.23. The molecule has 0 saturated heterocycles. The van der Waals surface area contributed by atoms with Crippen molar-refractivity contribution >= 4 is 23.4 Å². The average molecular weight is 494 g/mol. The number of carbonyl (C=O) groups is 1. The Morgan fingerprint density at radius 2 is 1.83 bits per heavy atom. The van der Waals surface area contributed by atoms with Crippen LogP contribution in [0.5, 0.6) is 11.5 Å². The second kappa shape index (κ2) is 9.34. The summed E-state index contributed by atoms with van der Waals surface area (Å²) in [6, 6.07) is 16.6. The molecule has 5 rings (SSSR count). The van der Waals surface area contributed by atoms with E-state index in [1.807, 2.05) is 48.5 Å². The van der Waals surface area contributed by atoms with Crippen molar-refractivity contribution in [3.8, 4) is 17.2 Å². The molecule has 2 atom stereocenters. The number of nitrogens with one attached hydrogen (secondary N) is 1. The van der Waals surface area contributed by atoms with E-state index in [0.29, 0.717) is 22.9 Å². The van der Waals surface area contributed by atoms with Crippen LogP contribution in [0.25, 0.3) is 5.69 Å². The van der Waals surface area contributed by atoms with Crippen LogP contribution in [0.2, 0.25) is 0 Å². The predicted octanol–water partition coefficient (Wildman–Crippen LogP) is 3.50. The van der Waals surface area contributed by atoms with Gasteiger partial charge in [0.15, 0.2) is 11.5 Å². The molecule has 180 valence electrons. The third-order valence-corrected chi connectivity index (χ3v) is 6.59. The molecule has 1 aliphatic heterocycles. The predicted molar refractivity (Wildman–Crippen MR) is 129 cm³/mol. The van der Waals surface area contributed by atoms with E-state index >= 15 is 0 Å². The van der Waals surface area contributed by atoms with Gasteiger partial charge in [-0.15, -0.1) is 10.2 Å². The van der Waals surface area contributed by atoms with Crippen molar-refractivity contribution in [2.75, 3.05) is 11.9 Å². The molecule has 0 radical (unpaired) electrons. The summed E-state index contributed by atoms with van der Waals surface area (Å²) >= 11 is 1.10. The second-order valence-electron chi connectivity index (χ2n) is 7.96. The molecular formula is C24H23N5O5S. The molecule has 1 aliphatic rings. The number of fused-ring (bicyclic) bond motifs is 1. The number of carbonyl (C=O) groups excluding carboxylic acids is 1. The first-order valence-corrected chi connectivity index (χ1v) is 11.8. The number of nitrogens with zero attached hydrogens (tertiary/aromatic N) is 4. The molecule has 1 N–H and O–H groups in total. The average Bonchev–Trinajstić information content (AvgIpc) is 3.42. The molecule has 0 saturated carbocycles. The van der Waals surface area contributed by atoms with Crippen LogP contribution in [-0.2, 0) is 11.8 Å². The molecule has 4 aromatic rings. The van der Waals surface area contributed by atoms with Crippen LogP contribution < -0.4 is 20.3 Å². The number of ether oxygens (including phenoxy) is 2. The van der Waals surface area contributed by atoms with Crippen molar-refractivity contribution in [1.82, 2.24) is 19.6 Å². The Hall–Kier alpha value is -3.99. The van der Waals surface area contributed by atoms with Gasteiger partial charge in [-0.1, -0.05) is 42.1 Å². The van der Waals surface area contributed by atoms with Crippen molar-refractivity contribution in [1.29, 1.82) is 0 Å². The van der Waals surface area contributed by atoms with Crippen LogP contribution in [0.1, 0.15) is 24.6 Å². The molecular weight excluding hydrogens is 470 g/mol. The number of para-hydroxylation sites is 3. The second-order valence-corrected chi connectivity index (χ2v) is 9.25. The van der Waals surface area contributed by atoms with Gasteiger partial charge >= 0.3 is 0 Å². The third-order valence-electron chi connectivity index (χ3n) is 5.66.